The van der Waals surface area contributed by atoms with Gasteiger partial charge in [0.2, 0.25) is 11.8 Å². The molecule has 0 saturated heterocycles. The Kier molecular flexibility index (Phi) is 4.92. The number of nitrogens with one attached hydrogen (secondary N) is 2. The summed E-state index contributed by atoms with van der Waals surface area (Å²) in [5.74, 6) is -0.128. The summed E-state index contributed by atoms with van der Waals surface area (Å²) < 4.78 is 0. The number of anilines is 1. The standard InChI is InChI=1S/C23H24N4O2/c1-14-10-16-11-17(24-12-21(16)26-23(14)29)8-9-22(28)27(3)13-19-15(2)25-20-7-5-4-6-18(19)20/h4-9,11-12,14,25H,10,13H2,1-3H3,(H,26,29)/b9-8+. The zero-order chi connectivity index (χ0) is 20.5. The number of hydrogen-bond donors (Lipinski definition) is 2. The molecule has 2 aromatic heterocycles. The molecule has 3 heterocycles. The lowest BCUT2D eigenvalue weighted by molar-refractivity contribution is -0.125. The fourth-order valence-electron chi connectivity index (χ4n) is 3.70. The van der Waals surface area contributed by atoms with Crippen LogP contribution in [0.3, 0.4) is 0 Å². The number of rotatable bonds is 4. The third-order valence-electron chi connectivity index (χ3n) is 5.44. The van der Waals surface area contributed by atoms with Crippen LogP contribution in [-0.2, 0) is 22.6 Å². The second kappa shape index (κ2) is 7.54. The van der Waals surface area contributed by atoms with Crippen molar-refractivity contribution in [1.29, 1.82) is 0 Å². The number of H-pyrrole nitrogens is 1. The van der Waals surface area contributed by atoms with Crippen molar-refractivity contribution in [3.8, 4) is 0 Å². The molecule has 3 aromatic rings. The molecule has 1 aliphatic rings. The number of nitrogens with zero attached hydrogens (tertiary/aromatic N) is 2. The van der Waals surface area contributed by atoms with E-state index >= 15 is 0 Å². The van der Waals surface area contributed by atoms with Gasteiger partial charge in [0, 0.05) is 42.2 Å². The molecule has 0 radical (unpaired) electrons. The summed E-state index contributed by atoms with van der Waals surface area (Å²) in [5.41, 5.74) is 5.78. The highest BCUT2D eigenvalue weighted by molar-refractivity contribution is 5.96. The first-order chi connectivity index (χ1) is 13.9. The van der Waals surface area contributed by atoms with Gasteiger partial charge in [-0.2, -0.15) is 0 Å². The second-order valence-corrected chi connectivity index (χ2v) is 7.66. The van der Waals surface area contributed by atoms with Gasteiger partial charge in [0.1, 0.15) is 0 Å². The molecule has 2 N–H and O–H groups in total. The summed E-state index contributed by atoms with van der Waals surface area (Å²) in [4.78, 5) is 33.8. The predicted octanol–water partition coefficient (Wildman–Crippen LogP) is 3.67. The van der Waals surface area contributed by atoms with E-state index in [-0.39, 0.29) is 17.7 Å². The van der Waals surface area contributed by atoms with Crippen molar-refractivity contribution in [3.05, 3.63) is 65.1 Å². The van der Waals surface area contributed by atoms with E-state index in [2.05, 4.69) is 21.4 Å². The lowest BCUT2D eigenvalue weighted by Gasteiger charge is -2.21. The summed E-state index contributed by atoms with van der Waals surface area (Å²) in [6.07, 6.45) is 5.60. The minimum absolute atomic E-state index is 0.0203. The minimum atomic E-state index is -0.0872. The van der Waals surface area contributed by atoms with Gasteiger partial charge in [-0.1, -0.05) is 25.1 Å². The van der Waals surface area contributed by atoms with E-state index in [1.807, 2.05) is 38.1 Å². The molecule has 148 valence electrons. The molecule has 2 amide bonds. The largest absolute Gasteiger partial charge is 0.358 e. The number of aromatic nitrogens is 2. The zero-order valence-corrected chi connectivity index (χ0v) is 16.8. The first-order valence-electron chi connectivity index (χ1n) is 9.71. The fourth-order valence-corrected chi connectivity index (χ4v) is 3.70. The van der Waals surface area contributed by atoms with Crippen LogP contribution in [0.25, 0.3) is 17.0 Å². The Labute approximate surface area is 169 Å². The molecule has 0 bridgehead atoms. The Morgan fingerprint density at radius 2 is 2.14 bits per heavy atom. The van der Waals surface area contributed by atoms with Crippen molar-refractivity contribution in [2.45, 2.75) is 26.8 Å². The quantitative estimate of drug-likeness (QED) is 0.670. The van der Waals surface area contributed by atoms with Gasteiger partial charge in [0.15, 0.2) is 0 Å². The maximum Gasteiger partial charge on any atom is 0.246 e. The van der Waals surface area contributed by atoms with E-state index in [1.54, 1.807) is 30.3 Å². The molecule has 1 aliphatic heterocycles. The number of benzene rings is 1. The number of carbonyl (C=O) groups excluding carboxylic acids is 2. The molecule has 1 atom stereocenters. The molecule has 6 nitrogen and oxygen atoms in total. The Hall–Kier alpha value is -3.41. The van der Waals surface area contributed by atoms with Crippen LogP contribution in [0.2, 0.25) is 0 Å². The van der Waals surface area contributed by atoms with Gasteiger partial charge < -0.3 is 15.2 Å². The van der Waals surface area contributed by atoms with Gasteiger partial charge in [-0.25, -0.2) is 0 Å². The third kappa shape index (κ3) is 3.78. The van der Waals surface area contributed by atoms with Crippen LogP contribution in [0.5, 0.6) is 0 Å². The molecule has 29 heavy (non-hydrogen) atoms. The van der Waals surface area contributed by atoms with E-state index in [9.17, 15) is 9.59 Å². The molecular formula is C23H24N4O2. The molecule has 4 rings (SSSR count). The Morgan fingerprint density at radius 1 is 1.34 bits per heavy atom. The van der Waals surface area contributed by atoms with Crippen molar-refractivity contribution >= 4 is 34.5 Å². The van der Waals surface area contributed by atoms with E-state index in [0.717, 1.165) is 33.4 Å². The summed E-state index contributed by atoms with van der Waals surface area (Å²) in [6, 6.07) is 10.0. The molecule has 1 unspecified atom stereocenters. The first-order valence-corrected chi connectivity index (χ1v) is 9.71. The number of para-hydroxylation sites is 1. The van der Waals surface area contributed by atoms with Crippen LogP contribution in [0.15, 0.2) is 42.6 Å². The normalized spacial score (nSPS) is 16.1. The van der Waals surface area contributed by atoms with Gasteiger partial charge in [-0.3, -0.25) is 14.6 Å². The van der Waals surface area contributed by atoms with Crippen molar-refractivity contribution in [2.75, 3.05) is 12.4 Å². The van der Waals surface area contributed by atoms with E-state index < -0.39 is 0 Å². The summed E-state index contributed by atoms with van der Waals surface area (Å²) >= 11 is 0. The monoisotopic (exact) mass is 388 g/mol. The van der Waals surface area contributed by atoms with Crippen molar-refractivity contribution in [3.63, 3.8) is 0 Å². The highest BCUT2D eigenvalue weighted by atomic mass is 16.2. The average molecular weight is 388 g/mol. The summed E-state index contributed by atoms with van der Waals surface area (Å²) in [5, 5.41) is 4.00. The molecule has 0 saturated carbocycles. The van der Waals surface area contributed by atoms with Gasteiger partial charge in [0.25, 0.3) is 0 Å². The van der Waals surface area contributed by atoms with Crippen LogP contribution in [0, 0.1) is 12.8 Å². The Bertz CT molecular complexity index is 1130. The summed E-state index contributed by atoms with van der Waals surface area (Å²) in [7, 11) is 1.80. The topological polar surface area (TPSA) is 78.1 Å². The van der Waals surface area contributed by atoms with Gasteiger partial charge in [0.05, 0.1) is 17.6 Å². The molecule has 0 spiro atoms. The Balaban J connectivity index is 1.47. The average Bonchev–Trinajstić information content (AvgIpc) is 3.02. The SMILES string of the molecule is Cc1[nH]c2ccccc2c1CN(C)C(=O)/C=C/c1cc2c(cn1)NC(=O)C(C)C2. The predicted molar refractivity (Wildman–Crippen MR) is 114 cm³/mol. The maximum absolute atomic E-state index is 12.6. The highest BCUT2D eigenvalue weighted by Gasteiger charge is 2.22. The Morgan fingerprint density at radius 3 is 2.97 bits per heavy atom. The third-order valence-corrected chi connectivity index (χ3v) is 5.44. The molecule has 6 heteroatoms. The van der Waals surface area contributed by atoms with Crippen LogP contribution >= 0.6 is 0 Å². The number of aromatic amines is 1. The number of fused-ring (bicyclic) bond motifs is 2. The number of hydrogen-bond acceptors (Lipinski definition) is 3. The zero-order valence-electron chi connectivity index (χ0n) is 16.8. The molecule has 0 aliphatic carbocycles. The van der Waals surface area contributed by atoms with E-state index in [1.165, 1.54) is 0 Å². The van der Waals surface area contributed by atoms with E-state index in [4.69, 9.17) is 0 Å². The second-order valence-electron chi connectivity index (χ2n) is 7.66. The van der Waals surface area contributed by atoms with Gasteiger partial charge >= 0.3 is 0 Å². The molecule has 0 fully saturated rings. The number of carbonyl (C=O) groups is 2. The smallest absolute Gasteiger partial charge is 0.246 e. The van der Waals surface area contributed by atoms with Crippen LogP contribution < -0.4 is 5.32 Å². The molecule has 1 aromatic carbocycles. The minimum Gasteiger partial charge on any atom is -0.358 e. The molecular weight excluding hydrogens is 364 g/mol. The number of aryl methyl sites for hydroxylation is 1. The van der Waals surface area contributed by atoms with Gasteiger partial charge in [-0.05, 0) is 42.7 Å². The van der Waals surface area contributed by atoms with Crippen molar-refractivity contribution < 1.29 is 9.59 Å². The fraction of sp³-hybridized carbons (Fsp3) is 0.261. The van der Waals surface area contributed by atoms with Crippen LogP contribution in [0.1, 0.15) is 29.4 Å². The van der Waals surface area contributed by atoms with Crippen LogP contribution in [-0.4, -0.2) is 33.7 Å². The van der Waals surface area contributed by atoms with Crippen LogP contribution in [0.4, 0.5) is 5.69 Å². The van der Waals surface area contributed by atoms with Crippen molar-refractivity contribution in [1.82, 2.24) is 14.9 Å². The summed E-state index contributed by atoms with van der Waals surface area (Å²) in [6.45, 7) is 4.46. The number of amides is 2. The number of likely N-dealkylation sites (N-methyl/N-ethyl adjacent to an activating group) is 1. The lowest BCUT2D eigenvalue weighted by atomic mass is 9.95. The maximum atomic E-state index is 12.6. The first kappa shape index (κ1) is 18.9. The van der Waals surface area contributed by atoms with Crippen molar-refractivity contribution in [2.24, 2.45) is 5.92 Å². The van der Waals surface area contributed by atoms with Gasteiger partial charge in [-0.15, -0.1) is 0 Å². The number of pyridine rings is 1. The lowest BCUT2D eigenvalue weighted by Crippen LogP contribution is -2.27. The highest BCUT2D eigenvalue weighted by Crippen LogP contribution is 2.26. The van der Waals surface area contributed by atoms with E-state index in [0.29, 0.717) is 18.7 Å².